The fraction of sp³-hybridized carbons (Fsp3) is 0.875. The van der Waals surface area contributed by atoms with Crippen molar-refractivity contribution < 1.29 is 5.11 Å². The summed E-state index contributed by atoms with van der Waals surface area (Å²) in [6.45, 7) is 7.97. The molecule has 1 N–H and O–H groups in total. The van der Waals surface area contributed by atoms with Crippen molar-refractivity contribution in [2.45, 2.75) is 13.0 Å². The van der Waals surface area contributed by atoms with E-state index >= 15 is 0 Å². The van der Waals surface area contributed by atoms with E-state index in [0.717, 1.165) is 26.2 Å². The number of rotatable bonds is 2. The summed E-state index contributed by atoms with van der Waals surface area (Å²) in [7, 11) is 2.12. The molecule has 0 aromatic rings. The van der Waals surface area contributed by atoms with Crippen LogP contribution in [0.15, 0.2) is 0 Å². The van der Waals surface area contributed by atoms with Gasteiger partial charge in [0.2, 0.25) is 0 Å². The van der Waals surface area contributed by atoms with Crippen molar-refractivity contribution in [1.29, 1.82) is 0 Å². The summed E-state index contributed by atoms with van der Waals surface area (Å²) in [5.74, 6) is 0. The van der Waals surface area contributed by atoms with Gasteiger partial charge in [-0.05, 0) is 14.0 Å². The lowest BCUT2D eigenvalue weighted by Crippen LogP contribution is -2.44. The summed E-state index contributed by atoms with van der Waals surface area (Å²) in [5.41, 5.74) is 0. The van der Waals surface area contributed by atoms with Gasteiger partial charge in [-0.2, -0.15) is 0 Å². The Morgan fingerprint density at radius 1 is 1.27 bits per heavy atom. The van der Waals surface area contributed by atoms with Crippen molar-refractivity contribution in [3.05, 3.63) is 6.54 Å². The van der Waals surface area contributed by atoms with Gasteiger partial charge in [0.1, 0.15) is 0 Å². The number of hydrogen-bond donors (Lipinski definition) is 1. The first-order chi connectivity index (χ1) is 5.18. The summed E-state index contributed by atoms with van der Waals surface area (Å²) >= 11 is 0. The lowest BCUT2D eigenvalue weighted by Gasteiger charge is -2.32. The zero-order valence-electron chi connectivity index (χ0n) is 7.32. The second-order valence-corrected chi connectivity index (χ2v) is 3.23. The van der Waals surface area contributed by atoms with E-state index in [-0.39, 0.29) is 6.10 Å². The third-order valence-electron chi connectivity index (χ3n) is 1.96. The molecule has 0 aromatic heterocycles. The van der Waals surface area contributed by atoms with Gasteiger partial charge in [-0.25, -0.2) is 0 Å². The van der Waals surface area contributed by atoms with Crippen molar-refractivity contribution in [2.75, 3.05) is 33.2 Å². The minimum absolute atomic E-state index is 0.307. The van der Waals surface area contributed by atoms with E-state index in [0.29, 0.717) is 0 Å². The molecule has 0 amide bonds. The van der Waals surface area contributed by atoms with Gasteiger partial charge in [-0.1, -0.05) is 0 Å². The van der Waals surface area contributed by atoms with Crippen LogP contribution in [-0.4, -0.2) is 54.2 Å². The Morgan fingerprint density at radius 2 is 1.82 bits per heavy atom. The van der Waals surface area contributed by atoms with Gasteiger partial charge < -0.3 is 10.0 Å². The summed E-state index contributed by atoms with van der Waals surface area (Å²) in [5, 5.41) is 9.06. The highest BCUT2D eigenvalue weighted by molar-refractivity contribution is 4.78. The molecule has 0 aromatic carbocycles. The van der Waals surface area contributed by atoms with Gasteiger partial charge in [0, 0.05) is 26.2 Å². The van der Waals surface area contributed by atoms with Gasteiger partial charge in [0.05, 0.1) is 12.6 Å². The van der Waals surface area contributed by atoms with Gasteiger partial charge in [-0.15, -0.1) is 0 Å². The van der Waals surface area contributed by atoms with Crippen molar-refractivity contribution >= 4 is 0 Å². The average Bonchev–Trinajstić information content (AvgIpc) is 1.93. The average molecular weight is 157 g/mol. The number of aliphatic hydroxyl groups is 1. The van der Waals surface area contributed by atoms with Crippen LogP contribution in [0.5, 0.6) is 0 Å². The molecule has 1 unspecified atom stereocenters. The molecule has 11 heavy (non-hydrogen) atoms. The van der Waals surface area contributed by atoms with Crippen LogP contribution in [0, 0.1) is 6.54 Å². The van der Waals surface area contributed by atoms with E-state index in [4.69, 9.17) is 5.11 Å². The highest BCUT2D eigenvalue weighted by Gasteiger charge is 2.14. The molecule has 1 heterocycles. The third kappa shape index (κ3) is 3.18. The maximum atomic E-state index is 9.06. The molecule has 0 saturated carbocycles. The van der Waals surface area contributed by atoms with Crippen LogP contribution in [-0.2, 0) is 0 Å². The first kappa shape index (κ1) is 8.97. The van der Waals surface area contributed by atoms with Crippen LogP contribution in [0.1, 0.15) is 6.92 Å². The van der Waals surface area contributed by atoms with Crippen LogP contribution < -0.4 is 0 Å². The molecule has 3 nitrogen and oxygen atoms in total. The molecule has 3 heteroatoms. The van der Waals surface area contributed by atoms with E-state index in [1.54, 1.807) is 6.92 Å². The molecular weight excluding hydrogens is 140 g/mol. The largest absolute Gasteiger partial charge is 0.392 e. The standard InChI is InChI=1S/C8H17N2O/c1-8(11)7-10-5-3-9(2)4-6-10/h7-8,11H,3-6H2,1-2H3. The number of hydrogen-bond acceptors (Lipinski definition) is 3. The molecule has 1 fully saturated rings. The Kier molecular flexibility index (Phi) is 3.30. The SMILES string of the molecule is CC(O)[CH]N1CCN(C)CC1. The molecule has 0 bridgehead atoms. The summed E-state index contributed by atoms with van der Waals surface area (Å²) in [6, 6.07) is 0. The van der Waals surface area contributed by atoms with Crippen molar-refractivity contribution in [3.8, 4) is 0 Å². The molecular formula is C8H17N2O. The smallest absolute Gasteiger partial charge is 0.0683 e. The Morgan fingerprint density at radius 3 is 2.27 bits per heavy atom. The molecule has 1 radical (unpaired) electrons. The second kappa shape index (κ2) is 4.04. The highest BCUT2D eigenvalue weighted by Crippen LogP contribution is 2.03. The molecule has 1 atom stereocenters. The summed E-state index contributed by atoms with van der Waals surface area (Å²) < 4.78 is 0. The molecule has 1 saturated heterocycles. The van der Waals surface area contributed by atoms with Crippen LogP contribution in [0.3, 0.4) is 0 Å². The molecule has 65 valence electrons. The number of piperazine rings is 1. The van der Waals surface area contributed by atoms with E-state index < -0.39 is 0 Å². The van der Waals surface area contributed by atoms with E-state index in [1.165, 1.54) is 0 Å². The molecule has 1 rings (SSSR count). The number of aliphatic hydroxyl groups excluding tert-OH is 1. The topological polar surface area (TPSA) is 26.7 Å². The zero-order chi connectivity index (χ0) is 8.27. The Bertz CT molecular complexity index is 109. The fourth-order valence-corrected chi connectivity index (χ4v) is 1.28. The minimum Gasteiger partial charge on any atom is -0.392 e. The zero-order valence-corrected chi connectivity index (χ0v) is 7.32. The Hall–Kier alpha value is -0.120. The fourth-order valence-electron chi connectivity index (χ4n) is 1.28. The first-order valence-electron chi connectivity index (χ1n) is 4.14. The summed E-state index contributed by atoms with van der Waals surface area (Å²) in [4.78, 5) is 4.48. The molecule has 1 aliphatic rings. The third-order valence-corrected chi connectivity index (χ3v) is 1.96. The summed E-state index contributed by atoms with van der Waals surface area (Å²) in [6.07, 6.45) is -0.307. The van der Waals surface area contributed by atoms with E-state index in [2.05, 4.69) is 16.8 Å². The minimum atomic E-state index is -0.307. The van der Waals surface area contributed by atoms with Crippen LogP contribution in [0.25, 0.3) is 0 Å². The normalized spacial score (nSPS) is 25.4. The lowest BCUT2D eigenvalue weighted by atomic mass is 10.3. The Balaban J connectivity index is 2.17. The van der Waals surface area contributed by atoms with Crippen LogP contribution in [0.4, 0.5) is 0 Å². The maximum Gasteiger partial charge on any atom is 0.0683 e. The molecule has 0 spiro atoms. The lowest BCUT2D eigenvalue weighted by molar-refractivity contribution is 0.128. The van der Waals surface area contributed by atoms with Crippen molar-refractivity contribution in [3.63, 3.8) is 0 Å². The number of likely N-dealkylation sites (N-methyl/N-ethyl adjacent to an activating group) is 1. The van der Waals surface area contributed by atoms with E-state index in [9.17, 15) is 0 Å². The van der Waals surface area contributed by atoms with E-state index in [1.807, 2.05) is 6.54 Å². The van der Waals surface area contributed by atoms with Crippen molar-refractivity contribution in [2.24, 2.45) is 0 Å². The highest BCUT2D eigenvalue weighted by atomic mass is 16.3. The van der Waals surface area contributed by atoms with Crippen LogP contribution >= 0.6 is 0 Å². The van der Waals surface area contributed by atoms with Gasteiger partial charge in [0.25, 0.3) is 0 Å². The van der Waals surface area contributed by atoms with Gasteiger partial charge in [-0.3, -0.25) is 4.90 Å². The van der Waals surface area contributed by atoms with Gasteiger partial charge in [0.15, 0.2) is 0 Å². The predicted molar refractivity (Wildman–Crippen MR) is 45.1 cm³/mol. The molecule has 1 aliphatic heterocycles. The maximum absolute atomic E-state index is 9.06. The monoisotopic (exact) mass is 157 g/mol. The first-order valence-corrected chi connectivity index (χ1v) is 4.14. The predicted octanol–water partition coefficient (Wildman–Crippen LogP) is -0.224. The second-order valence-electron chi connectivity index (χ2n) is 3.23. The quantitative estimate of drug-likeness (QED) is 0.600. The molecule has 0 aliphatic carbocycles. The van der Waals surface area contributed by atoms with Crippen LogP contribution in [0.2, 0.25) is 0 Å². The van der Waals surface area contributed by atoms with Crippen molar-refractivity contribution in [1.82, 2.24) is 9.80 Å². The van der Waals surface area contributed by atoms with Gasteiger partial charge >= 0.3 is 0 Å². The number of nitrogens with zero attached hydrogens (tertiary/aromatic N) is 2. The Labute approximate surface area is 68.6 Å².